The Kier molecular flexibility index (Phi) is 5.95. The normalized spacial score (nSPS) is 24.1. The summed E-state index contributed by atoms with van der Waals surface area (Å²) in [6.45, 7) is 0.0661. The van der Waals surface area contributed by atoms with Crippen molar-refractivity contribution in [2.75, 3.05) is 14.2 Å². The number of nitrogens with zero attached hydrogens (tertiary/aromatic N) is 1. The molecule has 126 valence electrons. The van der Waals surface area contributed by atoms with Gasteiger partial charge in [-0.1, -0.05) is 30.3 Å². The van der Waals surface area contributed by atoms with Crippen molar-refractivity contribution >= 4 is 12.1 Å². The number of carbonyl (C=O) groups is 2. The van der Waals surface area contributed by atoms with Crippen LogP contribution in [-0.4, -0.2) is 54.7 Å². The van der Waals surface area contributed by atoms with Crippen LogP contribution < -0.4 is 0 Å². The van der Waals surface area contributed by atoms with Gasteiger partial charge in [-0.05, 0) is 18.4 Å². The molecule has 1 amide bonds. The van der Waals surface area contributed by atoms with Crippen LogP contribution in [0.15, 0.2) is 30.3 Å². The standard InChI is InChI=1S/C16H21NO6/c1-21-14-13(18)9-8-12(15(19)22-2)17(14)16(20)23-10-11-6-4-3-5-7-11/h3-7,12-14,18H,8-10H2,1-2H3/t12-,13+,14+/m0/s1. The molecule has 1 aliphatic heterocycles. The summed E-state index contributed by atoms with van der Waals surface area (Å²) < 4.78 is 15.2. The third-order valence-electron chi connectivity index (χ3n) is 3.81. The molecule has 0 spiro atoms. The number of hydrogen-bond donors (Lipinski definition) is 1. The minimum atomic E-state index is -0.948. The highest BCUT2D eigenvalue weighted by molar-refractivity contribution is 5.81. The summed E-state index contributed by atoms with van der Waals surface area (Å²) >= 11 is 0. The zero-order valence-electron chi connectivity index (χ0n) is 13.2. The Morgan fingerprint density at radius 3 is 2.52 bits per heavy atom. The number of ether oxygens (including phenoxy) is 3. The molecular weight excluding hydrogens is 302 g/mol. The molecule has 7 nitrogen and oxygen atoms in total. The van der Waals surface area contributed by atoms with E-state index in [2.05, 4.69) is 0 Å². The molecule has 1 N–H and O–H groups in total. The Morgan fingerprint density at radius 2 is 1.91 bits per heavy atom. The first-order valence-corrected chi connectivity index (χ1v) is 7.36. The highest BCUT2D eigenvalue weighted by Crippen LogP contribution is 2.26. The van der Waals surface area contributed by atoms with Crippen molar-refractivity contribution in [1.29, 1.82) is 0 Å². The van der Waals surface area contributed by atoms with Crippen molar-refractivity contribution in [3.63, 3.8) is 0 Å². The van der Waals surface area contributed by atoms with E-state index in [9.17, 15) is 14.7 Å². The van der Waals surface area contributed by atoms with E-state index in [-0.39, 0.29) is 13.0 Å². The summed E-state index contributed by atoms with van der Waals surface area (Å²) in [6.07, 6.45) is -1.94. The molecule has 0 saturated carbocycles. The molecule has 0 unspecified atom stereocenters. The lowest BCUT2D eigenvalue weighted by Crippen LogP contribution is -2.59. The minimum absolute atomic E-state index is 0.0661. The van der Waals surface area contributed by atoms with E-state index >= 15 is 0 Å². The van der Waals surface area contributed by atoms with E-state index in [0.717, 1.165) is 10.5 Å². The number of piperidine rings is 1. The van der Waals surface area contributed by atoms with Crippen LogP contribution >= 0.6 is 0 Å². The molecule has 3 atom stereocenters. The maximum atomic E-state index is 12.4. The summed E-state index contributed by atoms with van der Waals surface area (Å²) in [5.74, 6) is -0.560. The van der Waals surface area contributed by atoms with Crippen molar-refractivity contribution in [2.45, 2.75) is 37.8 Å². The summed E-state index contributed by atoms with van der Waals surface area (Å²) in [4.78, 5) is 25.5. The van der Waals surface area contributed by atoms with Gasteiger partial charge in [-0.15, -0.1) is 0 Å². The van der Waals surface area contributed by atoms with Crippen molar-refractivity contribution in [3.8, 4) is 0 Å². The van der Waals surface area contributed by atoms with Crippen LogP contribution in [0.5, 0.6) is 0 Å². The number of methoxy groups -OCH3 is 2. The Hall–Kier alpha value is -2.12. The Labute approximate surface area is 134 Å². The Morgan fingerprint density at radius 1 is 1.22 bits per heavy atom. The molecule has 0 aliphatic carbocycles. The second kappa shape index (κ2) is 7.94. The number of aliphatic hydroxyl groups excluding tert-OH is 1. The third-order valence-corrected chi connectivity index (χ3v) is 3.81. The van der Waals surface area contributed by atoms with Gasteiger partial charge in [0.25, 0.3) is 0 Å². The van der Waals surface area contributed by atoms with Crippen molar-refractivity contribution in [3.05, 3.63) is 35.9 Å². The first-order valence-electron chi connectivity index (χ1n) is 7.36. The summed E-state index contributed by atoms with van der Waals surface area (Å²) in [5.41, 5.74) is 0.821. The zero-order chi connectivity index (χ0) is 16.8. The topological polar surface area (TPSA) is 85.3 Å². The van der Waals surface area contributed by atoms with Gasteiger partial charge in [-0.3, -0.25) is 4.90 Å². The van der Waals surface area contributed by atoms with Crippen molar-refractivity contribution in [2.24, 2.45) is 0 Å². The zero-order valence-corrected chi connectivity index (χ0v) is 13.2. The molecular formula is C16H21NO6. The molecule has 1 fully saturated rings. The van der Waals surface area contributed by atoms with E-state index in [4.69, 9.17) is 14.2 Å². The first kappa shape index (κ1) is 17.2. The van der Waals surface area contributed by atoms with Crippen molar-refractivity contribution in [1.82, 2.24) is 4.90 Å². The maximum Gasteiger partial charge on any atom is 0.413 e. The van der Waals surface area contributed by atoms with Crippen LogP contribution in [0.2, 0.25) is 0 Å². The van der Waals surface area contributed by atoms with Gasteiger partial charge in [-0.2, -0.15) is 0 Å². The number of amides is 1. The fourth-order valence-electron chi connectivity index (χ4n) is 2.64. The van der Waals surface area contributed by atoms with E-state index < -0.39 is 30.4 Å². The monoisotopic (exact) mass is 323 g/mol. The molecule has 0 aromatic heterocycles. The van der Waals surface area contributed by atoms with Gasteiger partial charge in [-0.25, -0.2) is 9.59 Å². The average molecular weight is 323 g/mol. The first-order chi connectivity index (χ1) is 11.1. The second-order valence-electron chi connectivity index (χ2n) is 5.26. The van der Waals surface area contributed by atoms with Crippen LogP contribution in [-0.2, 0) is 25.6 Å². The summed E-state index contributed by atoms with van der Waals surface area (Å²) in [7, 11) is 2.62. The lowest BCUT2D eigenvalue weighted by molar-refractivity contribution is -0.168. The quantitative estimate of drug-likeness (QED) is 0.841. The van der Waals surface area contributed by atoms with Crippen LogP contribution in [0, 0.1) is 0 Å². The summed E-state index contributed by atoms with van der Waals surface area (Å²) in [5, 5.41) is 10.0. The molecule has 1 aromatic carbocycles. The molecule has 0 bridgehead atoms. The maximum absolute atomic E-state index is 12.4. The fourth-order valence-corrected chi connectivity index (χ4v) is 2.64. The smallest absolute Gasteiger partial charge is 0.413 e. The van der Waals surface area contributed by atoms with Crippen molar-refractivity contribution < 1.29 is 28.9 Å². The fraction of sp³-hybridized carbons (Fsp3) is 0.500. The summed E-state index contributed by atoms with van der Waals surface area (Å²) in [6, 6.07) is 8.34. The van der Waals surface area contributed by atoms with Gasteiger partial charge >= 0.3 is 12.1 Å². The minimum Gasteiger partial charge on any atom is -0.467 e. The van der Waals surface area contributed by atoms with E-state index in [1.165, 1.54) is 14.2 Å². The molecule has 1 aromatic rings. The molecule has 7 heteroatoms. The predicted octanol–water partition coefficient (Wildman–Crippen LogP) is 1.29. The number of esters is 1. The molecule has 23 heavy (non-hydrogen) atoms. The number of likely N-dealkylation sites (tertiary alicyclic amines) is 1. The average Bonchev–Trinajstić information content (AvgIpc) is 2.59. The van der Waals surface area contributed by atoms with Gasteiger partial charge in [0.05, 0.1) is 13.2 Å². The van der Waals surface area contributed by atoms with Crippen LogP contribution in [0.1, 0.15) is 18.4 Å². The Bertz CT molecular complexity index is 535. The molecule has 1 saturated heterocycles. The predicted molar refractivity (Wildman–Crippen MR) is 80.3 cm³/mol. The second-order valence-corrected chi connectivity index (χ2v) is 5.26. The number of aliphatic hydroxyl groups is 1. The largest absolute Gasteiger partial charge is 0.467 e. The third kappa shape index (κ3) is 4.00. The highest BCUT2D eigenvalue weighted by atomic mass is 16.6. The molecule has 1 aliphatic rings. The SMILES string of the molecule is COC(=O)[C@@H]1CC[C@@H](O)[C@@H](OC)N1C(=O)OCc1ccccc1. The van der Waals surface area contributed by atoms with Crippen LogP contribution in [0.25, 0.3) is 0 Å². The Balaban J connectivity index is 2.12. The number of carbonyl (C=O) groups excluding carboxylic acids is 2. The van der Waals surface area contributed by atoms with E-state index in [0.29, 0.717) is 6.42 Å². The van der Waals surface area contributed by atoms with Gasteiger partial charge in [0.1, 0.15) is 12.6 Å². The van der Waals surface area contributed by atoms with Gasteiger partial charge in [0.2, 0.25) is 0 Å². The van der Waals surface area contributed by atoms with Crippen LogP contribution in [0.4, 0.5) is 4.79 Å². The molecule has 1 heterocycles. The van der Waals surface area contributed by atoms with Gasteiger partial charge in [0, 0.05) is 7.11 Å². The molecule has 0 radical (unpaired) electrons. The number of hydrogen-bond acceptors (Lipinski definition) is 6. The van der Waals surface area contributed by atoms with E-state index in [1.807, 2.05) is 30.3 Å². The van der Waals surface area contributed by atoms with Gasteiger partial charge < -0.3 is 19.3 Å². The van der Waals surface area contributed by atoms with Crippen LogP contribution in [0.3, 0.4) is 0 Å². The highest BCUT2D eigenvalue weighted by Gasteiger charge is 2.44. The molecule has 2 rings (SSSR count). The number of rotatable bonds is 4. The lowest BCUT2D eigenvalue weighted by atomic mass is 9.99. The number of benzene rings is 1. The van der Waals surface area contributed by atoms with E-state index in [1.54, 1.807) is 0 Å². The lowest BCUT2D eigenvalue weighted by Gasteiger charge is -2.41. The van der Waals surface area contributed by atoms with Gasteiger partial charge in [0.15, 0.2) is 6.23 Å².